The number of nitrogens with one attached hydrogen (secondary N) is 1. The van der Waals surface area contributed by atoms with Gasteiger partial charge in [0.15, 0.2) is 0 Å². The number of hydrogen-bond acceptors (Lipinski definition) is 1. The Kier molecular flexibility index (Phi) is 4.31. The predicted molar refractivity (Wildman–Crippen MR) is 76.2 cm³/mol. The fourth-order valence-corrected chi connectivity index (χ4v) is 2.15. The molecule has 2 nitrogen and oxygen atoms in total. The molecule has 0 fully saturated rings. The van der Waals surface area contributed by atoms with Crippen LogP contribution in [0.25, 0.3) is 0 Å². The molecule has 98 valence electrons. The molecule has 0 radical (unpaired) electrons. The van der Waals surface area contributed by atoms with Crippen LogP contribution in [0.1, 0.15) is 10.4 Å². The van der Waals surface area contributed by atoms with Gasteiger partial charge in [-0.2, -0.15) is 0 Å². The highest BCUT2D eigenvalue weighted by molar-refractivity contribution is 9.10. The summed E-state index contributed by atoms with van der Waals surface area (Å²) in [5.41, 5.74) is -0.163. The number of amides is 1. The van der Waals surface area contributed by atoms with Gasteiger partial charge in [0.05, 0.1) is 11.3 Å². The lowest BCUT2D eigenvalue weighted by molar-refractivity contribution is 0.102. The van der Waals surface area contributed by atoms with Crippen molar-refractivity contribution in [3.8, 4) is 0 Å². The Morgan fingerprint density at radius 2 is 1.58 bits per heavy atom. The topological polar surface area (TPSA) is 29.1 Å². The monoisotopic (exact) mass is 389 g/mol. The lowest BCUT2D eigenvalue weighted by Crippen LogP contribution is -2.14. The molecule has 0 spiro atoms. The second-order valence-electron chi connectivity index (χ2n) is 3.70. The zero-order chi connectivity index (χ0) is 14.0. The molecule has 0 aliphatic heterocycles. The van der Waals surface area contributed by atoms with E-state index in [-0.39, 0.29) is 11.3 Å². The van der Waals surface area contributed by atoms with Crippen molar-refractivity contribution in [1.29, 1.82) is 0 Å². The summed E-state index contributed by atoms with van der Waals surface area (Å²) in [5.74, 6) is -1.98. The maximum Gasteiger partial charge on any atom is 0.258 e. The van der Waals surface area contributed by atoms with E-state index in [1.165, 1.54) is 24.3 Å². The van der Waals surface area contributed by atoms with Crippen molar-refractivity contribution in [3.63, 3.8) is 0 Å². The first kappa shape index (κ1) is 14.1. The van der Waals surface area contributed by atoms with Crippen molar-refractivity contribution in [2.24, 2.45) is 0 Å². The van der Waals surface area contributed by atoms with E-state index in [0.717, 1.165) is 6.07 Å². The molecular formula is C13H7Br2F2NO. The SMILES string of the molecule is O=C(Nc1ccc(Br)cc1F)c1cc(Br)ccc1F. The molecule has 19 heavy (non-hydrogen) atoms. The summed E-state index contributed by atoms with van der Waals surface area (Å²) >= 11 is 6.26. The third-order valence-corrected chi connectivity index (χ3v) is 3.34. The summed E-state index contributed by atoms with van der Waals surface area (Å²) in [4.78, 5) is 11.9. The summed E-state index contributed by atoms with van der Waals surface area (Å²) in [7, 11) is 0. The number of anilines is 1. The molecule has 6 heteroatoms. The van der Waals surface area contributed by atoms with E-state index in [9.17, 15) is 13.6 Å². The molecule has 0 saturated carbocycles. The lowest BCUT2D eigenvalue weighted by Gasteiger charge is -2.07. The van der Waals surface area contributed by atoms with E-state index in [4.69, 9.17) is 0 Å². The summed E-state index contributed by atoms with van der Waals surface area (Å²) in [6.45, 7) is 0. The van der Waals surface area contributed by atoms with Gasteiger partial charge in [-0.1, -0.05) is 31.9 Å². The molecular weight excluding hydrogens is 384 g/mol. The van der Waals surface area contributed by atoms with Crippen LogP contribution in [-0.4, -0.2) is 5.91 Å². The third-order valence-electron chi connectivity index (χ3n) is 2.35. The Bertz CT molecular complexity index is 647. The van der Waals surface area contributed by atoms with Crippen molar-refractivity contribution in [1.82, 2.24) is 0 Å². The molecule has 0 atom stereocenters. The predicted octanol–water partition coefficient (Wildman–Crippen LogP) is 4.74. The molecule has 0 heterocycles. The molecule has 2 aromatic carbocycles. The van der Waals surface area contributed by atoms with Crippen LogP contribution in [0.3, 0.4) is 0 Å². The van der Waals surface area contributed by atoms with Gasteiger partial charge in [0.2, 0.25) is 0 Å². The van der Waals surface area contributed by atoms with Crippen LogP contribution in [0.2, 0.25) is 0 Å². The molecule has 2 rings (SSSR count). The molecule has 1 N–H and O–H groups in total. The summed E-state index contributed by atoms with van der Waals surface area (Å²) < 4.78 is 28.2. The highest BCUT2D eigenvalue weighted by Crippen LogP contribution is 2.21. The number of benzene rings is 2. The average molecular weight is 391 g/mol. The van der Waals surface area contributed by atoms with Gasteiger partial charge < -0.3 is 5.32 Å². The van der Waals surface area contributed by atoms with Crippen LogP contribution < -0.4 is 5.32 Å². The van der Waals surface area contributed by atoms with Crippen molar-refractivity contribution in [2.45, 2.75) is 0 Å². The van der Waals surface area contributed by atoms with Crippen LogP contribution in [0, 0.1) is 11.6 Å². The van der Waals surface area contributed by atoms with Crippen LogP contribution >= 0.6 is 31.9 Å². The van der Waals surface area contributed by atoms with Crippen molar-refractivity contribution in [3.05, 3.63) is 62.5 Å². The van der Waals surface area contributed by atoms with E-state index < -0.39 is 17.5 Å². The first-order valence-electron chi connectivity index (χ1n) is 5.19. The van der Waals surface area contributed by atoms with E-state index in [1.54, 1.807) is 6.07 Å². The molecule has 2 aromatic rings. The summed E-state index contributed by atoms with van der Waals surface area (Å²) in [6.07, 6.45) is 0. The zero-order valence-electron chi connectivity index (χ0n) is 9.38. The molecule has 0 aliphatic rings. The number of rotatable bonds is 2. The minimum Gasteiger partial charge on any atom is -0.319 e. The molecule has 0 unspecified atom stereocenters. The second kappa shape index (κ2) is 5.79. The van der Waals surface area contributed by atoms with Gasteiger partial charge in [-0.15, -0.1) is 0 Å². The average Bonchev–Trinajstić information content (AvgIpc) is 2.35. The largest absolute Gasteiger partial charge is 0.319 e. The Labute approximate surface area is 125 Å². The minimum absolute atomic E-state index is 0.00687. The first-order valence-corrected chi connectivity index (χ1v) is 6.77. The Morgan fingerprint density at radius 3 is 2.26 bits per heavy atom. The van der Waals surface area contributed by atoms with Crippen LogP contribution in [-0.2, 0) is 0 Å². The molecule has 0 aromatic heterocycles. The Hall–Kier alpha value is -1.27. The van der Waals surface area contributed by atoms with Gasteiger partial charge in [-0.3, -0.25) is 4.79 Å². The van der Waals surface area contributed by atoms with E-state index in [2.05, 4.69) is 37.2 Å². The standard InChI is InChI=1S/C13H7Br2F2NO/c14-7-1-3-10(16)9(5-7)13(19)18-12-4-2-8(15)6-11(12)17/h1-6H,(H,18,19). The smallest absolute Gasteiger partial charge is 0.258 e. The minimum atomic E-state index is -0.708. The number of carbonyl (C=O) groups is 1. The number of carbonyl (C=O) groups excluding carboxylic acids is 1. The highest BCUT2D eigenvalue weighted by Gasteiger charge is 2.14. The van der Waals surface area contributed by atoms with E-state index in [1.807, 2.05) is 0 Å². The van der Waals surface area contributed by atoms with Gasteiger partial charge in [0.1, 0.15) is 11.6 Å². The third kappa shape index (κ3) is 3.39. The quantitative estimate of drug-likeness (QED) is 0.788. The molecule has 1 amide bonds. The van der Waals surface area contributed by atoms with Gasteiger partial charge in [0, 0.05) is 8.95 Å². The summed E-state index contributed by atoms with van der Waals surface area (Å²) in [5, 5.41) is 2.33. The van der Waals surface area contributed by atoms with Crippen LogP contribution in [0.5, 0.6) is 0 Å². The van der Waals surface area contributed by atoms with Crippen molar-refractivity contribution in [2.75, 3.05) is 5.32 Å². The van der Waals surface area contributed by atoms with E-state index >= 15 is 0 Å². The molecule has 0 bridgehead atoms. The zero-order valence-corrected chi connectivity index (χ0v) is 12.6. The lowest BCUT2D eigenvalue weighted by atomic mass is 10.2. The number of halogens is 4. The second-order valence-corrected chi connectivity index (χ2v) is 5.53. The molecule has 0 saturated heterocycles. The van der Waals surface area contributed by atoms with Gasteiger partial charge in [-0.25, -0.2) is 8.78 Å². The Balaban J connectivity index is 2.28. The fourth-order valence-electron chi connectivity index (χ4n) is 1.45. The van der Waals surface area contributed by atoms with Gasteiger partial charge in [-0.05, 0) is 36.4 Å². The fraction of sp³-hybridized carbons (Fsp3) is 0. The van der Waals surface area contributed by atoms with E-state index in [0.29, 0.717) is 8.95 Å². The van der Waals surface area contributed by atoms with Crippen molar-refractivity contribution < 1.29 is 13.6 Å². The summed E-state index contributed by atoms with van der Waals surface area (Å²) in [6, 6.07) is 8.17. The maximum absolute atomic E-state index is 13.6. The Morgan fingerprint density at radius 1 is 0.947 bits per heavy atom. The van der Waals surface area contributed by atoms with Gasteiger partial charge in [0.25, 0.3) is 5.91 Å². The first-order chi connectivity index (χ1) is 8.97. The van der Waals surface area contributed by atoms with Crippen LogP contribution in [0.4, 0.5) is 14.5 Å². The normalized spacial score (nSPS) is 10.3. The van der Waals surface area contributed by atoms with Crippen molar-refractivity contribution >= 4 is 43.5 Å². The highest BCUT2D eigenvalue weighted by atomic mass is 79.9. The maximum atomic E-state index is 13.6. The van der Waals surface area contributed by atoms with Gasteiger partial charge >= 0.3 is 0 Å². The number of hydrogen-bond donors (Lipinski definition) is 1. The molecule has 0 aliphatic carbocycles. The van der Waals surface area contributed by atoms with Crippen LogP contribution in [0.15, 0.2) is 45.3 Å².